The Hall–Kier alpha value is -2.50. The van der Waals surface area contributed by atoms with Crippen LogP contribution < -0.4 is 5.43 Å². The Morgan fingerprint density at radius 2 is 1.70 bits per heavy atom. The second kappa shape index (κ2) is 9.54. The average molecular weight is 440 g/mol. The summed E-state index contributed by atoms with van der Waals surface area (Å²) in [6, 6.07) is 13.9. The Kier molecular flexibility index (Phi) is 7.06. The summed E-state index contributed by atoms with van der Waals surface area (Å²) in [5.74, 6) is 0.143. The predicted molar refractivity (Wildman–Crippen MR) is 127 cm³/mol. The minimum atomic E-state index is -0.148. The molecule has 0 saturated heterocycles. The van der Waals surface area contributed by atoms with Crippen molar-refractivity contribution in [3.05, 3.63) is 81.1 Å². The summed E-state index contributed by atoms with van der Waals surface area (Å²) in [7, 11) is 0. The van der Waals surface area contributed by atoms with Crippen molar-refractivity contribution in [1.29, 1.82) is 0 Å². The molecule has 0 aliphatic heterocycles. The number of benzene rings is 2. The number of halogens is 1. The Bertz CT molecular complexity index is 1080. The molecule has 1 amide bonds. The molecule has 30 heavy (non-hydrogen) atoms. The average Bonchev–Trinajstić information content (AvgIpc) is 2.95. The van der Waals surface area contributed by atoms with Crippen molar-refractivity contribution < 1.29 is 4.79 Å². The number of hydrogen-bond donors (Lipinski definition) is 1. The molecule has 0 aliphatic carbocycles. The van der Waals surface area contributed by atoms with E-state index in [1.807, 2.05) is 24.3 Å². The zero-order valence-corrected chi connectivity index (χ0v) is 19.5. The standard InChI is InChI=1S/C24H26ClN3OS/c1-15-10-16(2)24(17(3)11-15)28-18(4)12-20(19(28)5)13-26-27-23(29)14-30-22-8-6-21(25)7-9-22/h6-13H,14H2,1-5H3,(H,27,29)/b26-13-. The summed E-state index contributed by atoms with van der Waals surface area (Å²) in [4.78, 5) is 13.1. The lowest BCUT2D eigenvalue weighted by molar-refractivity contribution is -0.118. The first-order valence-electron chi connectivity index (χ1n) is 9.73. The molecule has 3 rings (SSSR count). The van der Waals surface area contributed by atoms with Crippen LogP contribution in [0.5, 0.6) is 0 Å². The number of hydrogen-bond acceptors (Lipinski definition) is 3. The molecule has 156 valence electrons. The van der Waals surface area contributed by atoms with E-state index < -0.39 is 0 Å². The van der Waals surface area contributed by atoms with Crippen LogP contribution in [0.25, 0.3) is 5.69 Å². The monoisotopic (exact) mass is 439 g/mol. The maximum absolute atomic E-state index is 12.1. The molecule has 3 aromatic rings. The van der Waals surface area contributed by atoms with Crippen molar-refractivity contribution in [2.75, 3.05) is 5.75 Å². The highest BCUT2D eigenvalue weighted by Gasteiger charge is 2.14. The van der Waals surface area contributed by atoms with E-state index in [2.05, 4.69) is 67.9 Å². The van der Waals surface area contributed by atoms with Gasteiger partial charge < -0.3 is 4.57 Å². The summed E-state index contributed by atoms with van der Waals surface area (Å²) < 4.78 is 2.25. The lowest BCUT2D eigenvalue weighted by Gasteiger charge is -2.16. The lowest BCUT2D eigenvalue weighted by atomic mass is 10.0. The van der Waals surface area contributed by atoms with Gasteiger partial charge in [0.05, 0.1) is 17.7 Å². The zero-order valence-electron chi connectivity index (χ0n) is 17.9. The number of amides is 1. The largest absolute Gasteiger partial charge is 0.317 e. The Morgan fingerprint density at radius 3 is 2.33 bits per heavy atom. The fourth-order valence-electron chi connectivity index (χ4n) is 3.67. The van der Waals surface area contributed by atoms with Gasteiger partial charge in [-0.15, -0.1) is 11.8 Å². The van der Waals surface area contributed by atoms with Crippen LogP contribution in [0.4, 0.5) is 0 Å². The molecule has 0 saturated carbocycles. The van der Waals surface area contributed by atoms with Crippen LogP contribution in [-0.4, -0.2) is 22.4 Å². The first kappa shape index (κ1) is 22.2. The number of carbonyl (C=O) groups excluding carboxylic acids is 1. The van der Waals surface area contributed by atoms with Gasteiger partial charge in [-0.1, -0.05) is 29.3 Å². The normalized spacial score (nSPS) is 11.3. The quantitative estimate of drug-likeness (QED) is 0.294. The highest BCUT2D eigenvalue weighted by molar-refractivity contribution is 8.00. The molecule has 1 heterocycles. The van der Waals surface area contributed by atoms with Gasteiger partial charge in [0, 0.05) is 26.9 Å². The van der Waals surface area contributed by atoms with E-state index in [0.29, 0.717) is 10.8 Å². The maximum Gasteiger partial charge on any atom is 0.250 e. The molecule has 0 radical (unpaired) electrons. The molecule has 1 N–H and O–H groups in total. The van der Waals surface area contributed by atoms with E-state index in [4.69, 9.17) is 11.6 Å². The third-order valence-electron chi connectivity index (χ3n) is 4.91. The van der Waals surface area contributed by atoms with E-state index in [1.165, 1.54) is 34.1 Å². The molecule has 0 spiro atoms. The molecule has 4 nitrogen and oxygen atoms in total. The Balaban J connectivity index is 1.69. The molecule has 0 atom stereocenters. The van der Waals surface area contributed by atoms with E-state index >= 15 is 0 Å². The summed E-state index contributed by atoms with van der Waals surface area (Å²) in [5.41, 5.74) is 10.8. The van der Waals surface area contributed by atoms with Gasteiger partial charge in [0.2, 0.25) is 5.91 Å². The van der Waals surface area contributed by atoms with Gasteiger partial charge in [0.25, 0.3) is 0 Å². The number of nitrogens with one attached hydrogen (secondary N) is 1. The highest BCUT2D eigenvalue weighted by atomic mass is 35.5. The number of aromatic nitrogens is 1. The van der Waals surface area contributed by atoms with Crippen LogP contribution in [0.3, 0.4) is 0 Å². The van der Waals surface area contributed by atoms with Crippen LogP contribution in [0.2, 0.25) is 5.02 Å². The molecular weight excluding hydrogens is 414 g/mol. The maximum atomic E-state index is 12.1. The molecule has 6 heteroatoms. The van der Waals surface area contributed by atoms with Crippen LogP contribution in [0.1, 0.15) is 33.6 Å². The Labute approximate surface area is 187 Å². The van der Waals surface area contributed by atoms with Gasteiger partial charge >= 0.3 is 0 Å². The molecular formula is C24H26ClN3OS. The molecule has 2 aromatic carbocycles. The predicted octanol–water partition coefficient (Wildman–Crippen LogP) is 5.92. The molecule has 0 aliphatic rings. The highest BCUT2D eigenvalue weighted by Crippen LogP contribution is 2.26. The second-order valence-corrected chi connectivity index (χ2v) is 8.93. The second-order valence-electron chi connectivity index (χ2n) is 7.44. The summed E-state index contributed by atoms with van der Waals surface area (Å²) in [6.45, 7) is 10.6. The third-order valence-corrected chi connectivity index (χ3v) is 6.17. The molecule has 0 unspecified atom stereocenters. The topological polar surface area (TPSA) is 46.4 Å². The van der Waals surface area contributed by atoms with Crippen LogP contribution in [-0.2, 0) is 4.79 Å². The van der Waals surface area contributed by atoms with Crippen LogP contribution in [0.15, 0.2) is 52.5 Å². The number of rotatable bonds is 6. The van der Waals surface area contributed by atoms with Crippen molar-refractivity contribution in [2.24, 2.45) is 5.10 Å². The number of thioether (sulfide) groups is 1. The van der Waals surface area contributed by atoms with Crippen LogP contribution in [0, 0.1) is 34.6 Å². The van der Waals surface area contributed by atoms with Crippen molar-refractivity contribution >= 4 is 35.5 Å². The van der Waals surface area contributed by atoms with Gasteiger partial charge in [0.15, 0.2) is 0 Å². The van der Waals surface area contributed by atoms with Gasteiger partial charge in [-0.2, -0.15) is 5.10 Å². The van der Waals surface area contributed by atoms with Gasteiger partial charge in [0.1, 0.15) is 0 Å². The number of aryl methyl sites for hydroxylation is 4. The summed E-state index contributed by atoms with van der Waals surface area (Å²) in [5, 5.41) is 4.85. The van der Waals surface area contributed by atoms with Crippen LogP contribution >= 0.6 is 23.4 Å². The van der Waals surface area contributed by atoms with E-state index in [0.717, 1.165) is 21.8 Å². The fourth-order valence-corrected chi connectivity index (χ4v) is 4.49. The van der Waals surface area contributed by atoms with Gasteiger partial charge in [-0.25, -0.2) is 5.43 Å². The summed E-state index contributed by atoms with van der Waals surface area (Å²) >= 11 is 7.33. The minimum absolute atomic E-state index is 0.148. The van der Waals surface area contributed by atoms with E-state index in [9.17, 15) is 4.79 Å². The number of hydrazone groups is 1. The number of nitrogens with zero attached hydrogens (tertiary/aromatic N) is 2. The van der Waals surface area contributed by atoms with Crippen molar-refractivity contribution in [3.63, 3.8) is 0 Å². The SMILES string of the molecule is Cc1cc(C)c(-n2c(C)cc(/C=N\NC(=O)CSc3ccc(Cl)cc3)c2C)c(C)c1. The smallest absolute Gasteiger partial charge is 0.250 e. The third kappa shape index (κ3) is 5.15. The lowest BCUT2D eigenvalue weighted by Crippen LogP contribution is -2.19. The first-order chi connectivity index (χ1) is 14.3. The molecule has 0 bridgehead atoms. The minimum Gasteiger partial charge on any atom is -0.317 e. The van der Waals surface area contributed by atoms with E-state index in [1.54, 1.807) is 6.21 Å². The van der Waals surface area contributed by atoms with Crippen molar-refractivity contribution in [1.82, 2.24) is 9.99 Å². The van der Waals surface area contributed by atoms with E-state index in [-0.39, 0.29) is 5.91 Å². The first-order valence-corrected chi connectivity index (χ1v) is 11.1. The number of carbonyl (C=O) groups is 1. The fraction of sp³-hybridized carbons (Fsp3) is 0.250. The zero-order chi connectivity index (χ0) is 21.8. The van der Waals surface area contributed by atoms with Gasteiger partial charge in [-0.3, -0.25) is 4.79 Å². The molecule has 0 fully saturated rings. The molecule has 1 aromatic heterocycles. The van der Waals surface area contributed by atoms with Crippen molar-refractivity contribution in [2.45, 2.75) is 39.5 Å². The van der Waals surface area contributed by atoms with Crippen molar-refractivity contribution in [3.8, 4) is 5.69 Å². The summed E-state index contributed by atoms with van der Waals surface area (Å²) in [6.07, 6.45) is 1.71. The Morgan fingerprint density at radius 1 is 1.07 bits per heavy atom. The van der Waals surface area contributed by atoms with Gasteiger partial charge in [-0.05, 0) is 76.1 Å².